The van der Waals surface area contributed by atoms with Crippen molar-refractivity contribution in [3.63, 3.8) is 0 Å². The number of halogens is 2. The maximum absolute atomic E-state index is 13.0. The first-order chi connectivity index (χ1) is 7.64. The van der Waals surface area contributed by atoms with Crippen molar-refractivity contribution in [2.45, 2.75) is 31.1 Å². The highest BCUT2D eigenvalue weighted by Crippen LogP contribution is 2.40. The van der Waals surface area contributed by atoms with Crippen molar-refractivity contribution in [1.82, 2.24) is 4.98 Å². The molecule has 1 aromatic heterocycles. The number of nitrogens with zero attached hydrogens (tertiary/aromatic N) is 2. The van der Waals surface area contributed by atoms with Gasteiger partial charge in [-0.1, -0.05) is 6.07 Å². The second-order valence-corrected chi connectivity index (χ2v) is 4.75. The van der Waals surface area contributed by atoms with Crippen LogP contribution in [0, 0.1) is 0 Å². The molecule has 1 saturated carbocycles. The van der Waals surface area contributed by atoms with Crippen molar-refractivity contribution >= 4 is 5.82 Å². The lowest BCUT2D eigenvalue weighted by molar-refractivity contribution is 0.0257. The summed E-state index contributed by atoms with van der Waals surface area (Å²) in [7, 11) is 0. The molecular formula is C12H14F2N2. The van der Waals surface area contributed by atoms with E-state index in [0.29, 0.717) is 18.3 Å². The molecule has 1 aromatic rings. The molecule has 2 heterocycles. The number of aromatic nitrogens is 1. The van der Waals surface area contributed by atoms with Gasteiger partial charge in [0.25, 0.3) is 5.92 Å². The molecule has 86 valence electrons. The minimum absolute atomic E-state index is 0.0565. The Labute approximate surface area is 93.3 Å². The number of hydrogen-bond acceptors (Lipinski definition) is 2. The quantitative estimate of drug-likeness (QED) is 0.768. The molecule has 0 aromatic carbocycles. The fraction of sp³-hybridized carbons (Fsp3) is 0.583. The lowest BCUT2D eigenvalue weighted by Crippen LogP contribution is -2.25. The van der Waals surface area contributed by atoms with E-state index in [1.54, 1.807) is 4.90 Å². The molecule has 0 atom stereocenters. The minimum atomic E-state index is -2.54. The largest absolute Gasteiger partial charge is 0.350 e. The third kappa shape index (κ3) is 1.88. The molecule has 0 N–H and O–H groups in total. The van der Waals surface area contributed by atoms with E-state index in [4.69, 9.17) is 0 Å². The van der Waals surface area contributed by atoms with E-state index in [1.807, 2.05) is 18.3 Å². The number of pyridine rings is 1. The van der Waals surface area contributed by atoms with Gasteiger partial charge in [-0.3, -0.25) is 0 Å². The first kappa shape index (κ1) is 10.00. The van der Waals surface area contributed by atoms with Gasteiger partial charge in [0.05, 0.1) is 6.54 Å². The molecule has 2 fully saturated rings. The van der Waals surface area contributed by atoms with Gasteiger partial charge in [-0.2, -0.15) is 0 Å². The van der Waals surface area contributed by atoms with Gasteiger partial charge in [-0.05, 0) is 30.4 Å². The molecule has 16 heavy (non-hydrogen) atoms. The van der Waals surface area contributed by atoms with Crippen LogP contribution in [0.2, 0.25) is 0 Å². The van der Waals surface area contributed by atoms with Crippen LogP contribution >= 0.6 is 0 Å². The van der Waals surface area contributed by atoms with Crippen LogP contribution < -0.4 is 4.90 Å². The Morgan fingerprint density at radius 2 is 2.12 bits per heavy atom. The molecule has 3 rings (SSSR count). The smallest absolute Gasteiger partial charge is 0.266 e. The van der Waals surface area contributed by atoms with E-state index in [0.717, 1.165) is 0 Å². The van der Waals surface area contributed by atoms with Gasteiger partial charge >= 0.3 is 0 Å². The average Bonchev–Trinajstić information content (AvgIpc) is 3.04. The summed E-state index contributed by atoms with van der Waals surface area (Å²) in [5, 5.41) is 0. The van der Waals surface area contributed by atoms with Crippen molar-refractivity contribution in [2.24, 2.45) is 0 Å². The number of rotatable bonds is 2. The van der Waals surface area contributed by atoms with Crippen molar-refractivity contribution in [3.05, 3.63) is 23.9 Å². The van der Waals surface area contributed by atoms with Crippen LogP contribution in [-0.2, 0) is 0 Å². The maximum atomic E-state index is 13.0. The fourth-order valence-corrected chi connectivity index (χ4v) is 2.17. The summed E-state index contributed by atoms with van der Waals surface area (Å²) < 4.78 is 26.1. The highest BCUT2D eigenvalue weighted by Gasteiger charge is 2.38. The zero-order valence-electron chi connectivity index (χ0n) is 9.00. The van der Waals surface area contributed by atoms with Gasteiger partial charge in [0.2, 0.25) is 0 Å². The summed E-state index contributed by atoms with van der Waals surface area (Å²) in [6.45, 7) is 0.214. The van der Waals surface area contributed by atoms with E-state index in [9.17, 15) is 8.78 Å². The molecule has 1 aliphatic heterocycles. The van der Waals surface area contributed by atoms with Crippen LogP contribution in [0.25, 0.3) is 0 Å². The van der Waals surface area contributed by atoms with Crippen LogP contribution in [-0.4, -0.2) is 24.0 Å². The molecule has 0 radical (unpaired) electrons. The van der Waals surface area contributed by atoms with Gasteiger partial charge in [0.1, 0.15) is 5.82 Å². The van der Waals surface area contributed by atoms with Crippen LogP contribution in [0.4, 0.5) is 14.6 Å². The molecule has 1 saturated heterocycles. The highest BCUT2D eigenvalue weighted by molar-refractivity contribution is 5.42. The van der Waals surface area contributed by atoms with Crippen LogP contribution in [0.15, 0.2) is 18.3 Å². The van der Waals surface area contributed by atoms with Gasteiger partial charge < -0.3 is 4.90 Å². The summed E-state index contributed by atoms with van der Waals surface area (Å²) in [5.41, 5.74) is 1.25. The third-order valence-corrected chi connectivity index (χ3v) is 3.31. The van der Waals surface area contributed by atoms with Gasteiger partial charge in [0, 0.05) is 19.2 Å². The third-order valence-electron chi connectivity index (χ3n) is 3.31. The van der Waals surface area contributed by atoms with Crippen LogP contribution in [0.5, 0.6) is 0 Å². The Morgan fingerprint density at radius 3 is 2.62 bits per heavy atom. The first-order valence-electron chi connectivity index (χ1n) is 5.73. The van der Waals surface area contributed by atoms with Crippen molar-refractivity contribution in [1.29, 1.82) is 0 Å². The Morgan fingerprint density at radius 1 is 1.31 bits per heavy atom. The summed E-state index contributed by atoms with van der Waals surface area (Å²) in [6, 6.07) is 3.89. The highest BCUT2D eigenvalue weighted by atomic mass is 19.3. The predicted octanol–water partition coefficient (Wildman–Crippen LogP) is 2.80. The van der Waals surface area contributed by atoms with Gasteiger partial charge in [-0.25, -0.2) is 13.8 Å². The van der Waals surface area contributed by atoms with Crippen LogP contribution in [0.3, 0.4) is 0 Å². The number of hydrogen-bond donors (Lipinski definition) is 0. The molecule has 1 aliphatic carbocycles. The standard InChI is InChI=1S/C12H14F2N2/c13-12(14)5-6-16(8-12)11-4-3-10(7-15-11)9-1-2-9/h3-4,7,9H,1-2,5-6,8H2. The van der Waals surface area contributed by atoms with Gasteiger partial charge in [-0.15, -0.1) is 0 Å². The lowest BCUT2D eigenvalue weighted by atomic mass is 10.2. The molecule has 0 unspecified atom stereocenters. The number of anilines is 1. The summed E-state index contributed by atoms with van der Waals surface area (Å²) in [5.74, 6) is -1.19. The van der Waals surface area contributed by atoms with E-state index < -0.39 is 5.92 Å². The van der Waals surface area contributed by atoms with E-state index in [1.165, 1.54) is 18.4 Å². The Balaban J connectivity index is 1.74. The Hall–Kier alpha value is -1.19. The number of alkyl halides is 2. The SMILES string of the molecule is FC1(F)CCN(c2ccc(C3CC3)cn2)C1. The van der Waals surface area contributed by atoms with Crippen molar-refractivity contribution in [2.75, 3.05) is 18.0 Å². The molecule has 2 nitrogen and oxygen atoms in total. The second-order valence-electron chi connectivity index (χ2n) is 4.75. The minimum Gasteiger partial charge on any atom is -0.350 e. The summed E-state index contributed by atoms with van der Waals surface area (Å²) in [4.78, 5) is 5.94. The topological polar surface area (TPSA) is 16.1 Å². The zero-order chi connectivity index (χ0) is 11.2. The second kappa shape index (κ2) is 3.40. The Kier molecular flexibility index (Phi) is 2.13. The lowest BCUT2D eigenvalue weighted by Gasteiger charge is -2.17. The summed E-state index contributed by atoms with van der Waals surface area (Å²) in [6.07, 6.45) is 4.26. The predicted molar refractivity (Wildman–Crippen MR) is 58.0 cm³/mol. The van der Waals surface area contributed by atoms with Crippen molar-refractivity contribution < 1.29 is 8.78 Å². The van der Waals surface area contributed by atoms with E-state index >= 15 is 0 Å². The normalized spacial score (nSPS) is 23.8. The van der Waals surface area contributed by atoms with Crippen LogP contribution in [0.1, 0.15) is 30.7 Å². The molecule has 0 bridgehead atoms. The van der Waals surface area contributed by atoms with Crippen molar-refractivity contribution in [3.8, 4) is 0 Å². The molecule has 0 spiro atoms. The zero-order valence-corrected chi connectivity index (χ0v) is 9.00. The maximum Gasteiger partial charge on any atom is 0.266 e. The first-order valence-corrected chi connectivity index (χ1v) is 5.73. The molecule has 2 aliphatic rings. The fourth-order valence-electron chi connectivity index (χ4n) is 2.17. The van der Waals surface area contributed by atoms with Gasteiger partial charge in [0.15, 0.2) is 0 Å². The Bertz CT molecular complexity index is 385. The molecule has 0 amide bonds. The summed E-state index contributed by atoms with van der Waals surface area (Å²) >= 11 is 0. The van der Waals surface area contributed by atoms with E-state index in [2.05, 4.69) is 4.98 Å². The monoisotopic (exact) mass is 224 g/mol. The average molecular weight is 224 g/mol. The van der Waals surface area contributed by atoms with E-state index in [-0.39, 0.29) is 13.0 Å². The molecule has 4 heteroatoms. The molecular weight excluding hydrogens is 210 g/mol.